The Morgan fingerprint density at radius 1 is 1.20 bits per heavy atom. The summed E-state index contributed by atoms with van der Waals surface area (Å²) in [4.78, 5) is 31.5. The second-order valence-corrected chi connectivity index (χ2v) is 8.03. The molecule has 0 spiro atoms. The number of anilines is 1. The summed E-state index contributed by atoms with van der Waals surface area (Å²) < 4.78 is 4.99. The van der Waals surface area contributed by atoms with Gasteiger partial charge in [0, 0.05) is 37.0 Å². The number of nitrogens with one attached hydrogen (secondary N) is 1. The minimum atomic E-state index is -0.138. The van der Waals surface area contributed by atoms with Crippen molar-refractivity contribution in [3.8, 4) is 0 Å². The first-order chi connectivity index (χ1) is 14.6. The third kappa shape index (κ3) is 4.71. The molecular weight excluding hydrogens is 400 g/mol. The van der Waals surface area contributed by atoms with Gasteiger partial charge in [-0.3, -0.25) is 9.59 Å². The zero-order valence-corrected chi connectivity index (χ0v) is 17.4. The molecule has 1 aromatic heterocycles. The van der Waals surface area contributed by atoms with Crippen molar-refractivity contribution < 1.29 is 14.1 Å². The molecule has 1 aliphatic heterocycles. The first-order valence-corrected chi connectivity index (χ1v) is 10.8. The highest BCUT2D eigenvalue weighted by Gasteiger charge is 2.21. The van der Waals surface area contributed by atoms with Gasteiger partial charge in [-0.1, -0.05) is 29.4 Å². The lowest BCUT2D eigenvalue weighted by atomic mass is 10.1. The number of rotatable bonds is 7. The van der Waals surface area contributed by atoms with Crippen LogP contribution in [0.1, 0.15) is 40.5 Å². The van der Waals surface area contributed by atoms with E-state index in [0.717, 1.165) is 29.1 Å². The summed E-state index contributed by atoms with van der Waals surface area (Å²) in [5, 5.41) is 6.86. The summed E-state index contributed by atoms with van der Waals surface area (Å²) in [5.41, 5.74) is 2.50. The van der Waals surface area contributed by atoms with E-state index in [1.165, 1.54) is 11.8 Å². The Balaban J connectivity index is 1.36. The highest BCUT2D eigenvalue weighted by molar-refractivity contribution is 7.98. The van der Waals surface area contributed by atoms with Crippen LogP contribution in [0, 0.1) is 6.92 Å². The normalized spacial score (nSPS) is 13.6. The van der Waals surface area contributed by atoms with Gasteiger partial charge < -0.3 is 14.7 Å². The smallest absolute Gasteiger partial charge is 0.252 e. The number of benzene rings is 2. The van der Waals surface area contributed by atoms with E-state index in [9.17, 15) is 9.59 Å². The van der Waals surface area contributed by atoms with Crippen molar-refractivity contribution in [2.24, 2.45) is 0 Å². The summed E-state index contributed by atoms with van der Waals surface area (Å²) in [6.45, 7) is 2.93. The molecule has 1 aliphatic rings. The fourth-order valence-corrected chi connectivity index (χ4v) is 4.21. The van der Waals surface area contributed by atoms with Gasteiger partial charge >= 0.3 is 0 Å². The molecule has 1 N–H and O–H groups in total. The zero-order chi connectivity index (χ0) is 20.9. The summed E-state index contributed by atoms with van der Waals surface area (Å²) in [6.07, 6.45) is 1.52. The van der Waals surface area contributed by atoms with Crippen molar-refractivity contribution in [1.29, 1.82) is 0 Å². The number of aryl methyl sites for hydroxylation is 1. The highest BCUT2D eigenvalue weighted by Crippen LogP contribution is 2.26. The number of aromatic nitrogens is 2. The first kappa shape index (κ1) is 20.2. The highest BCUT2D eigenvalue weighted by atomic mass is 32.2. The van der Waals surface area contributed by atoms with Gasteiger partial charge in [-0.15, -0.1) is 11.8 Å². The monoisotopic (exact) mass is 422 g/mol. The number of carbonyl (C=O) groups is 2. The average Bonchev–Trinajstić information content (AvgIpc) is 3.39. The molecule has 4 rings (SSSR count). The van der Waals surface area contributed by atoms with Crippen LogP contribution in [-0.2, 0) is 17.1 Å². The lowest BCUT2D eigenvalue weighted by Gasteiger charge is -2.16. The van der Waals surface area contributed by atoms with Crippen molar-refractivity contribution in [2.75, 3.05) is 11.4 Å². The molecule has 0 atom stereocenters. The van der Waals surface area contributed by atoms with Crippen LogP contribution in [0.15, 0.2) is 57.9 Å². The molecule has 2 amide bonds. The first-order valence-electron chi connectivity index (χ1n) is 9.78. The Bertz CT molecular complexity index is 1050. The Kier molecular flexibility index (Phi) is 6.13. The maximum Gasteiger partial charge on any atom is 0.252 e. The van der Waals surface area contributed by atoms with Crippen LogP contribution in [0.2, 0.25) is 0 Å². The molecule has 0 saturated carbocycles. The van der Waals surface area contributed by atoms with Gasteiger partial charge in [0.05, 0.1) is 11.3 Å². The fourth-order valence-electron chi connectivity index (χ4n) is 3.31. The molecular formula is C22H22N4O3S. The van der Waals surface area contributed by atoms with Gasteiger partial charge in [0.2, 0.25) is 11.8 Å². The Morgan fingerprint density at radius 3 is 2.70 bits per heavy atom. The molecule has 2 aromatic carbocycles. The van der Waals surface area contributed by atoms with Crippen LogP contribution in [0.25, 0.3) is 0 Å². The number of thioether (sulfide) groups is 1. The summed E-state index contributed by atoms with van der Waals surface area (Å²) in [6, 6.07) is 15.2. The van der Waals surface area contributed by atoms with E-state index in [4.69, 9.17) is 4.52 Å². The lowest BCUT2D eigenvalue weighted by molar-refractivity contribution is -0.117. The number of hydrogen-bond acceptors (Lipinski definition) is 6. The zero-order valence-electron chi connectivity index (χ0n) is 16.6. The van der Waals surface area contributed by atoms with Gasteiger partial charge in [0.25, 0.3) is 5.91 Å². The predicted molar refractivity (Wildman–Crippen MR) is 114 cm³/mol. The largest absolute Gasteiger partial charge is 0.348 e. The second-order valence-electron chi connectivity index (χ2n) is 7.01. The maximum absolute atomic E-state index is 12.7. The van der Waals surface area contributed by atoms with Crippen molar-refractivity contribution >= 4 is 29.3 Å². The average molecular weight is 423 g/mol. The molecule has 0 aliphatic carbocycles. The molecule has 8 heteroatoms. The Labute approximate surface area is 178 Å². The van der Waals surface area contributed by atoms with Crippen molar-refractivity contribution in [3.63, 3.8) is 0 Å². The molecule has 3 aromatic rings. The number of amides is 2. The third-order valence-electron chi connectivity index (χ3n) is 4.83. The summed E-state index contributed by atoms with van der Waals surface area (Å²) in [7, 11) is 0. The van der Waals surface area contributed by atoms with Crippen molar-refractivity contribution in [3.05, 3.63) is 71.4 Å². The van der Waals surface area contributed by atoms with E-state index in [1.54, 1.807) is 17.9 Å². The Morgan fingerprint density at radius 2 is 2.00 bits per heavy atom. The minimum absolute atomic E-state index is 0.138. The molecule has 0 unspecified atom stereocenters. The van der Waals surface area contributed by atoms with Crippen molar-refractivity contribution in [2.45, 2.75) is 37.0 Å². The van der Waals surface area contributed by atoms with E-state index in [2.05, 4.69) is 15.5 Å². The van der Waals surface area contributed by atoms with E-state index in [0.29, 0.717) is 36.0 Å². The molecule has 30 heavy (non-hydrogen) atoms. The topological polar surface area (TPSA) is 88.3 Å². The van der Waals surface area contributed by atoms with E-state index < -0.39 is 0 Å². The second kappa shape index (κ2) is 9.13. The number of hydrogen-bond donors (Lipinski definition) is 1. The van der Waals surface area contributed by atoms with Crippen molar-refractivity contribution in [1.82, 2.24) is 15.5 Å². The van der Waals surface area contributed by atoms with Crippen LogP contribution in [0.4, 0.5) is 5.69 Å². The molecule has 2 heterocycles. The van der Waals surface area contributed by atoms with E-state index >= 15 is 0 Å². The maximum atomic E-state index is 12.7. The van der Waals surface area contributed by atoms with Gasteiger partial charge in [-0.25, -0.2) is 0 Å². The van der Waals surface area contributed by atoms with Crippen LogP contribution >= 0.6 is 11.8 Å². The molecule has 0 bridgehead atoms. The van der Waals surface area contributed by atoms with Gasteiger partial charge in [-0.05, 0) is 36.2 Å². The number of nitrogens with zero attached hydrogens (tertiary/aromatic N) is 3. The van der Waals surface area contributed by atoms with Crippen LogP contribution in [0.3, 0.4) is 0 Å². The SMILES string of the molecule is Cc1nc(CSc2ccccc2C(=O)NCc2ccc(N3CCCC3=O)cc2)no1. The molecule has 0 radical (unpaired) electrons. The predicted octanol–water partition coefficient (Wildman–Crippen LogP) is 3.73. The van der Waals surface area contributed by atoms with E-state index in [1.807, 2.05) is 42.5 Å². The van der Waals surface area contributed by atoms with Gasteiger partial charge in [-0.2, -0.15) is 4.98 Å². The molecule has 1 saturated heterocycles. The van der Waals surface area contributed by atoms with Gasteiger partial charge in [0.1, 0.15) is 0 Å². The fraction of sp³-hybridized carbons (Fsp3) is 0.273. The van der Waals surface area contributed by atoms with Gasteiger partial charge in [0.15, 0.2) is 5.82 Å². The standard InChI is InChI=1S/C22H22N4O3S/c1-15-24-20(25-29-15)14-30-19-6-3-2-5-18(19)22(28)23-13-16-8-10-17(11-9-16)26-12-4-7-21(26)27/h2-3,5-6,8-11H,4,7,12-14H2,1H3,(H,23,28). The minimum Gasteiger partial charge on any atom is -0.348 e. The molecule has 154 valence electrons. The third-order valence-corrected chi connectivity index (χ3v) is 5.90. The quantitative estimate of drug-likeness (QED) is 0.584. The van der Waals surface area contributed by atoms with Crippen LogP contribution in [-0.4, -0.2) is 28.5 Å². The summed E-state index contributed by atoms with van der Waals surface area (Å²) >= 11 is 1.50. The van der Waals surface area contributed by atoms with Crippen LogP contribution in [0.5, 0.6) is 0 Å². The van der Waals surface area contributed by atoms with Crippen LogP contribution < -0.4 is 10.2 Å². The lowest BCUT2D eigenvalue weighted by Crippen LogP contribution is -2.24. The number of carbonyl (C=O) groups excluding carboxylic acids is 2. The summed E-state index contributed by atoms with van der Waals surface area (Å²) in [5.74, 6) is 1.68. The van der Waals surface area contributed by atoms with E-state index in [-0.39, 0.29) is 11.8 Å². The molecule has 7 nitrogen and oxygen atoms in total. The molecule has 1 fully saturated rings. The Hall–Kier alpha value is -3.13.